The van der Waals surface area contributed by atoms with Crippen molar-refractivity contribution in [3.05, 3.63) is 28.2 Å². The molecule has 1 aliphatic rings. The Morgan fingerprint density at radius 3 is 3.00 bits per heavy atom. The lowest BCUT2D eigenvalue weighted by atomic mass is 10.2. The van der Waals surface area contributed by atoms with E-state index >= 15 is 0 Å². The van der Waals surface area contributed by atoms with Crippen LogP contribution in [0.5, 0.6) is 0 Å². The fraction of sp³-hybridized carbons (Fsp3) is 0.364. The molecule has 0 unspecified atom stereocenters. The van der Waals surface area contributed by atoms with Crippen molar-refractivity contribution in [1.82, 2.24) is 20.2 Å². The molecule has 0 amide bonds. The maximum absolute atomic E-state index is 5.72. The van der Waals surface area contributed by atoms with Gasteiger partial charge in [-0.05, 0) is 41.0 Å². The lowest BCUT2D eigenvalue weighted by Crippen LogP contribution is -1.99. The molecule has 0 radical (unpaired) electrons. The van der Waals surface area contributed by atoms with E-state index in [4.69, 9.17) is 5.73 Å². The zero-order valence-electron chi connectivity index (χ0n) is 9.58. The largest absolute Gasteiger partial charge is 0.399 e. The number of aromatic nitrogens is 4. The molecule has 3 rings (SSSR count). The van der Waals surface area contributed by atoms with E-state index in [2.05, 4.69) is 31.5 Å². The SMILES string of the molecule is Nc1ccc(CSc2nnnn2C2CC2)c(Br)c1. The van der Waals surface area contributed by atoms with Crippen molar-refractivity contribution in [3.63, 3.8) is 0 Å². The standard InChI is InChI=1S/C11H12BrN5S/c12-10-5-8(13)2-1-7(10)6-18-11-14-15-16-17(11)9-3-4-9/h1-2,5,9H,3-4,6,13H2. The van der Waals surface area contributed by atoms with Crippen LogP contribution in [-0.4, -0.2) is 20.2 Å². The Bertz CT molecular complexity index is 566. The normalized spacial score (nSPS) is 14.9. The molecule has 5 nitrogen and oxygen atoms in total. The molecule has 2 aromatic rings. The highest BCUT2D eigenvalue weighted by Crippen LogP contribution is 2.37. The van der Waals surface area contributed by atoms with Crippen LogP contribution >= 0.6 is 27.7 Å². The van der Waals surface area contributed by atoms with Crippen molar-refractivity contribution in [2.45, 2.75) is 29.8 Å². The third-order valence-electron chi connectivity index (χ3n) is 2.79. The molecular formula is C11H12BrN5S. The number of benzene rings is 1. The molecule has 1 heterocycles. The van der Waals surface area contributed by atoms with E-state index in [1.165, 1.54) is 18.4 Å². The molecule has 1 aromatic carbocycles. The molecule has 2 N–H and O–H groups in total. The predicted octanol–water partition coefficient (Wildman–Crippen LogP) is 2.65. The fourth-order valence-corrected chi connectivity index (χ4v) is 3.32. The first-order valence-electron chi connectivity index (χ1n) is 5.68. The molecule has 0 saturated heterocycles. The smallest absolute Gasteiger partial charge is 0.209 e. The summed E-state index contributed by atoms with van der Waals surface area (Å²) >= 11 is 5.17. The molecular weight excluding hydrogens is 314 g/mol. The van der Waals surface area contributed by atoms with Crippen LogP contribution in [0.15, 0.2) is 27.8 Å². The minimum Gasteiger partial charge on any atom is -0.399 e. The summed E-state index contributed by atoms with van der Waals surface area (Å²) < 4.78 is 2.95. The number of nitrogens with two attached hydrogens (primary N) is 1. The Kier molecular flexibility index (Phi) is 3.25. The van der Waals surface area contributed by atoms with Crippen molar-refractivity contribution in [3.8, 4) is 0 Å². The van der Waals surface area contributed by atoms with Gasteiger partial charge in [0, 0.05) is 15.9 Å². The summed E-state index contributed by atoms with van der Waals surface area (Å²) in [6.07, 6.45) is 2.37. The number of thioether (sulfide) groups is 1. The van der Waals surface area contributed by atoms with E-state index < -0.39 is 0 Å². The second-order valence-corrected chi connectivity index (χ2v) is 6.07. The first kappa shape index (κ1) is 12.0. The number of rotatable bonds is 4. The van der Waals surface area contributed by atoms with Crippen LogP contribution in [0.3, 0.4) is 0 Å². The van der Waals surface area contributed by atoms with Crippen molar-refractivity contribution in [2.75, 3.05) is 5.73 Å². The molecule has 1 aromatic heterocycles. The second kappa shape index (κ2) is 4.89. The Morgan fingerprint density at radius 2 is 2.28 bits per heavy atom. The molecule has 0 atom stereocenters. The van der Waals surface area contributed by atoms with Crippen molar-refractivity contribution >= 4 is 33.4 Å². The predicted molar refractivity (Wildman–Crippen MR) is 74.2 cm³/mol. The number of anilines is 1. The Hall–Kier alpha value is -1.08. The van der Waals surface area contributed by atoms with Crippen LogP contribution in [-0.2, 0) is 5.75 Å². The highest BCUT2D eigenvalue weighted by molar-refractivity contribution is 9.10. The number of halogens is 1. The Balaban J connectivity index is 1.71. The van der Waals surface area contributed by atoms with Gasteiger partial charge < -0.3 is 5.73 Å². The van der Waals surface area contributed by atoms with E-state index in [1.807, 2.05) is 22.9 Å². The monoisotopic (exact) mass is 325 g/mol. The van der Waals surface area contributed by atoms with Gasteiger partial charge in [-0.1, -0.05) is 33.8 Å². The van der Waals surface area contributed by atoms with Gasteiger partial charge in [-0.3, -0.25) is 0 Å². The van der Waals surface area contributed by atoms with Crippen LogP contribution in [0.4, 0.5) is 5.69 Å². The molecule has 0 spiro atoms. The fourth-order valence-electron chi connectivity index (χ4n) is 1.65. The van der Waals surface area contributed by atoms with E-state index in [1.54, 1.807) is 11.8 Å². The number of hydrogen-bond acceptors (Lipinski definition) is 5. The number of nitrogens with zero attached hydrogens (tertiary/aromatic N) is 4. The molecule has 1 saturated carbocycles. The molecule has 7 heteroatoms. The summed E-state index contributed by atoms with van der Waals surface area (Å²) in [6.45, 7) is 0. The van der Waals surface area contributed by atoms with Gasteiger partial charge in [-0.25, -0.2) is 4.68 Å². The van der Waals surface area contributed by atoms with Gasteiger partial charge in [0.25, 0.3) is 0 Å². The quantitative estimate of drug-likeness (QED) is 0.691. The second-order valence-electron chi connectivity index (χ2n) is 4.28. The van der Waals surface area contributed by atoms with Gasteiger partial charge in [0.1, 0.15) is 0 Å². The van der Waals surface area contributed by atoms with Gasteiger partial charge in [0.2, 0.25) is 5.16 Å². The minimum absolute atomic E-state index is 0.511. The van der Waals surface area contributed by atoms with Gasteiger partial charge >= 0.3 is 0 Å². The summed E-state index contributed by atoms with van der Waals surface area (Å²) in [5, 5.41) is 12.7. The van der Waals surface area contributed by atoms with Crippen molar-refractivity contribution in [2.24, 2.45) is 0 Å². The first-order valence-corrected chi connectivity index (χ1v) is 7.46. The Morgan fingerprint density at radius 1 is 1.44 bits per heavy atom. The lowest BCUT2D eigenvalue weighted by Gasteiger charge is -2.05. The maximum atomic E-state index is 5.72. The summed E-state index contributed by atoms with van der Waals surface area (Å²) in [5.74, 6) is 0.827. The van der Waals surface area contributed by atoms with E-state index in [9.17, 15) is 0 Å². The summed E-state index contributed by atoms with van der Waals surface area (Å²) in [6, 6.07) is 6.36. The number of nitrogen functional groups attached to an aromatic ring is 1. The van der Waals surface area contributed by atoms with Crippen molar-refractivity contribution in [1.29, 1.82) is 0 Å². The average molecular weight is 326 g/mol. The molecule has 0 bridgehead atoms. The third-order valence-corrected chi connectivity index (χ3v) is 4.51. The van der Waals surface area contributed by atoms with E-state index in [0.717, 1.165) is 21.1 Å². The highest BCUT2D eigenvalue weighted by atomic mass is 79.9. The van der Waals surface area contributed by atoms with Crippen LogP contribution in [0, 0.1) is 0 Å². The van der Waals surface area contributed by atoms with Gasteiger partial charge in [-0.15, -0.1) is 5.10 Å². The highest BCUT2D eigenvalue weighted by Gasteiger charge is 2.27. The molecule has 1 aliphatic carbocycles. The summed E-state index contributed by atoms with van der Waals surface area (Å²) in [4.78, 5) is 0. The zero-order valence-corrected chi connectivity index (χ0v) is 12.0. The van der Waals surface area contributed by atoms with Crippen LogP contribution in [0.1, 0.15) is 24.4 Å². The topological polar surface area (TPSA) is 69.6 Å². The first-order chi connectivity index (χ1) is 8.74. The van der Waals surface area contributed by atoms with Crippen molar-refractivity contribution < 1.29 is 0 Å². The number of hydrogen-bond donors (Lipinski definition) is 1. The number of tetrazole rings is 1. The molecule has 0 aliphatic heterocycles. The molecule has 94 valence electrons. The maximum Gasteiger partial charge on any atom is 0.209 e. The van der Waals surface area contributed by atoms with E-state index in [0.29, 0.717) is 6.04 Å². The average Bonchev–Trinajstić information content (AvgIpc) is 3.08. The van der Waals surface area contributed by atoms with Gasteiger partial charge in [0.05, 0.1) is 6.04 Å². The van der Waals surface area contributed by atoms with Crippen LogP contribution < -0.4 is 5.73 Å². The van der Waals surface area contributed by atoms with Gasteiger partial charge in [-0.2, -0.15) is 0 Å². The van der Waals surface area contributed by atoms with Gasteiger partial charge in [0.15, 0.2) is 0 Å². The Labute approximate surface area is 117 Å². The van der Waals surface area contributed by atoms with E-state index in [-0.39, 0.29) is 0 Å². The van der Waals surface area contributed by atoms with Crippen LogP contribution in [0.25, 0.3) is 0 Å². The summed E-state index contributed by atoms with van der Waals surface area (Å²) in [7, 11) is 0. The molecule has 1 fully saturated rings. The summed E-state index contributed by atoms with van der Waals surface area (Å²) in [5.41, 5.74) is 7.67. The minimum atomic E-state index is 0.511. The van der Waals surface area contributed by atoms with Crippen LogP contribution in [0.2, 0.25) is 0 Å². The lowest BCUT2D eigenvalue weighted by molar-refractivity contribution is 0.565. The third kappa shape index (κ3) is 2.51. The zero-order chi connectivity index (χ0) is 12.5. The molecule has 18 heavy (non-hydrogen) atoms.